The van der Waals surface area contributed by atoms with Gasteiger partial charge >= 0.3 is 0 Å². The zero-order chi connectivity index (χ0) is 13.1. The van der Waals surface area contributed by atoms with E-state index in [9.17, 15) is 0 Å². The number of aromatic nitrogens is 2. The molecule has 100 valence electrons. The highest BCUT2D eigenvalue weighted by Gasteiger charge is 2.17. The van der Waals surface area contributed by atoms with Crippen LogP contribution >= 0.6 is 11.6 Å². The van der Waals surface area contributed by atoms with Gasteiger partial charge in [-0.05, 0) is 30.5 Å². The van der Waals surface area contributed by atoms with Gasteiger partial charge in [-0.2, -0.15) is 5.10 Å². The molecule has 0 bridgehead atoms. The molecule has 1 aliphatic rings. The van der Waals surface area contributed by atoms with E-state index in [1.165, 1.54) is 25.7 Å². The summed E-state index contributed by atoms with van der Waals surface area (Å²) in [6.45, 7) is 0.525. The van der Waals surface area contributed by atoms with Crippen molar-refractivity contribution in [2.75, 3.05) is 0 Å². The first-order chi connectivity index (χ1) is 9.31. The quantitative estimate of drug-likeness (QED) is 0.835. The van der Waals surface area contributed by atoms with Gasteiger partial charge in [0.25, 0.3) is 0 Å². The van der Waals surface area contributed by atoms with E-state index < -0.39 is 0 Å². The number of nitrogens with zero attached hydrogens (tertiary/aromatic N) is 2. The Labute approximate surface area is 118 Å². The molecule has 1 heterocycles. The fourth-order valence-corrected chi connectivity index (χ4v) is 2.77. The minimum atomic E-state index is 0.525. The Balaban J connectivity index is 1.61. The summed E-state index contributed by atoms with van der Waals surface area (Å²) in [5.74, 6) is 0.826. The summed E-state index contributed by atoms with van der Waals surface area (Å²) in [4.78, 5) is 0. The van der Waals surface area contributed by atoms with Gasteiger partial charge in [-0.15, -0.1) is 0 Å². The normalized spacial score (nSPS) is 15.8. The molecule has 1 aliphatic carbocycles. The second kappa shape index (κ2) is 5.66. The Morgan fingerprint density at radius 3 is 2.95 bits per heavy atom. The average Bonchev–Trinajstić information content (AvgIpc) is 3.07. The fourth-order valence-electron chi connectivity index (χ4n) is 2.56. The minimum Gasteiger partial charge on any atom is -0.486 e. The average molecular weight is 277 g/mol. The molecule has 1 fully saturated rings. The zero-order valence-corrected chi connectivity index (χ0v) is 11.5. The maximum atomic E-state index is 5.94. The summed E-state index contributed by atoms with van der Waals surface area (Å²) in [7, 11) is 0. The number of hydrogen-bond donors (Lipinski definition) is 0. The molecule has 1 aromatic heterocycles. The molecule has 0 unspecified atom stereocenters. The SMILES string of the molecule is Clc1cccc(COc2cnn(C3CCCC3)c2)c1. The Morgan fingerprint density at radius 2 is 2.16 bits per heavy atom. The predicted molar refractivity (Wildman–Crippen MR) is 75.5 cm³/mol. The van der Waals surface area contributed by atoms with Crippen molar-refractivity contribution < 1.29 is 4.74 Å². The lowest BCUT2D eigenvalue weighted by molar-refractivity contribution is 0.305. The van der Waals surface area contributed by atoms with E-state index in [2.05, 4.69) is 5.10 Å². The van der Waals surface area contributed by atoms with Crippen molar-refractivity contribution >= 4 is 11.6 Å². The molecule has 0 N–H and O–H groups in total. The van der Waals surface area contributed by atoms with E-state index in [0.717, 1.165) is 16.3 Å². The van der Waals surface area contributed by atoms with Crippen molar-refractivity contribution in [1.29, 1.82) is 0 Å². The number of benzene rings is 1. The van der Waals surface area contributed by atoms with E-state index in [0.29, 0.717) is 12.6 Å². The molecule has 0 amide bonds. The monoisotopic (exact) mass is 276 g/mol. The van der Waals surface area contributed by atoms with Crippen LogP contribution in [0.3, 0.4) is 0 Å². The van der Waals surface area contributed by atoms with Crippen molar-refractivity contribution in [1.82, 2.24) is 9.78 Å². The fraction of sp³-hybridized carbons (Fsp3) is 0.400. The van der Waals surface area contributed by atoms with Gasteiger partial charge in [-0.1, -0.05) is 36.6 Å². The topological polar surface area (TPSA) is 27.1 Å². The Kier molecular flexibility index (Phi) is 3.74. The van der Waals surface area contributed by atoms with Gasteiger partial charge in [0, 0.05) is 5.02 Å². The van der Waals surface area contributed by atoms with E-state index in [1.54, 1.807) is 6.20 Å². The molecule has 0 spiro atoms. The van der Waals surface area contributed by atoms with Crippen LogP contribution in [0.4, 0.5) is 0 Å². The second-order valence-electron chi connectivity index (χ2n) is 5.01. The van der Waals surface area contributed by atoms with Crippen LogP contribution in [0.25, 0.3) is 0 Å². The van der Waals surface area contributed by atoms with Crippen LogP contribution in [-0.4, -0.2) is 9.78 Å². The standard InChI is InChI=1S/C15H17ClN2O/c16-13-5-3-4-12(8-13)11-19-15-9-17-18(10-15)14-6-1-2-7-14/h3-5,8-10,14H,1-2,6-7,11H2. The van der Waals surface area contributed by atoms with Gasteiger partial charge in [-0.25, -0.2) is 0 Å². The molecule has 19 heavy (non-hydrogen) atoms. The van der Waals surface area contributed by atoms with Gasteiger partial charge < -0.3 is 4.74 Å². The molecule has 1 aromatic carbocycles. The van der Waals surface area contributed by atoms with Crippen molar-refractivity contribution in [3.8, 4) is 5.75 Å². The lowest BCUT2D eigenvalue weighted by Gasteiger charge is -2.08. The largest absolute Gasteiger partial charge is 0.486 e. The van der Waals surface area contributed by atoms with Crippen molar-refractivity contribution in [3.05, 3.63) is 47.2 Å². The highest BCUT2D eigenvalue weighted by Crippen LogP contribution is 2.29. The smallest absolute Gasteiger partial charge is 0.157 e. The van der Waals surface area contributed by atoms with Crippen LogP contribution in [0.5, 0.6) is 5.75 Å². The van der Waals surface area contributed by atoms with Gasteiger partial charge in [0.1, 0.15) is 6.61 Å². The number of hydrogen-bond acceptors (Lipinski definition) is 2. The Morgan fingerprint density at radius 1 is 1.32 bits per heavy atom. The molecule has 1 saturated carbocycles. The highest BCUT2D eigenvalue weighted by molar-refractivity contribution is 6.30. The summed E-state index contributed by atoms with van der Waals surface area (Å²) in [6.07, 6.45) is 8.88. The molecule has 3 nitrogen and oxygen atoms in total. The zero-order valence-electron chi connectivity index (χ0n) is 10.8. The summed E-state index contributed by atoms with van der Waals surface area (Å²) in [5, 5.41) is 5.13. The predicted octanol–water partition coefficient (Wildman–Crippen LogP) is 4.23. The van der Waals surface area contributed by atoms with Crippen LogP contribution in [-0.2, 0) is 6.61 Å². The number of rotatable bonds is 4. The number of ether oxygens (including phenoxy) is 1. The molecular formula is C15H17ClN2O. The summed E-state index contributed by atoms with van der Waals surface area (Å²) in [6, 6.07) is 8.28. The van der Waals surface area contributed by atoms with Crippen molar-refractivity contribution in [3.63, 3.8) is 0 Å². The van der Waals surface area contributed by atoms with Gasteiger partial charge in [0.05, 0.1) is 18.4 Å². The molecular weight excluding hydrogens is 260 g/mol. The summed E-state index contributed by atoms with van der Waals surface area (Å²) in [5.41, 5.74) is 1.07. The molecule has 2 aromatic rings. The maximum Gasteiger partial charge on any atom is 0.157 e. The Bertz CT molecular complexity index is 547. The van der Waals surface area contributed by atoms with Crippen LogP contribution in [0.1, 0.15) is 37.3 Å². The van der Waals surface area contributed by atoms with Gasteiger partial charge in [-0.3, -0.25) is 4.68 Å². The maximum absolute atomic E-state index is 5.94. The molecule has 0 saturated heterocycles. The van der Waals surface area contributed by atoms with E-state index in [-0.39, 0.29) is 0 Å². The van der Waals surface area contributed by atoms with Crippen LogP contribution < -0.4 is 4.74 Å². The third-order valence-corrected chi connectivity index (χ3v) is 3.81. The molecule has 0 aliphatic heterocycles. The summed E-state index contributed by atoms with van der Waals surface area (Å²) < 4.78 is 7.79. The van der Waals surface area contributed by atoms with Crippen LogP contribution in [0.15, 0.2) is 36.7 Å². The van der Waals surface area contributed by atoms with Gasteiger partial charge in [0.15, 0.2) is 5.75 Å². The molecule has 0 radical (unpaired) electrons. The summed E-state index contributed by atoms with van der Waals surface area (Å²) >= 11 is 5.94. The molecule has 3 rings (SSSR count). The van der Waals surface area contributed by atoms with Gasteiger partial charge in [0.2, 0.25) is 0 Å². The number of halogens is 1. The minimum absolute atomic E-state index is 0.525. The van der Waals surface area contributed by atoms with Crippen molar-refractivity contribution in [2.24, 2.45) is 0 Å². The first-order valence-corrected chi connectivity index (χ1v) is 7.10. The van der Waals surface area contributed by atoms with Crippen LogP contribution in [0.2, 0.25) is 5.02 Å². The van der Waals surface area contributed by atoms with E-state index in [4.69, 9.17) is 16.3 Å². The third kappa shape index (κ3) is 3.10. The van der Waals surface area contributed by atoms with E-state index >= 15 is 0 Å². The molecule has 4 heteroatoms. The first kappa shape index (κ1) is 12.5. The lowest BCUT2D eigenvalue weighted by atomic mass is 10.2. The Hall–Kier alpha value is -1.48. The first-order valence-electron chi connectivity index (χ1n) is 6.73. The lowest BCUT2D eigenvalue weighted by Crippen LogP contribution is -2.04. The molecule has 0 atom stereocenters. The van der Waals surface area contributed by atoms with Crippen molar-refractivity contribution in [2.45, 2.75) is 38.3 Å². The third-order valence-electron chi connectivity index (χ3n) is 3.57. The highest BCUT2D eigenvalue weighted by atomic mass is 35.5. The van der Waals surface area contributed by atoms with E-state index in [1.807, 2.05) is 35.1 Å². The second-order valence-corrected chi connectivity index (χ2v) is 5.45. The van der Waals surface area contributed by atoms with Crippen LogP contribution in [0, 0.1) is 0 Å².